The van der Waals surface area contributed by atoms with E-state index in [0.717, 1.165) is 13.1 Å². The van der Waals surface area contributed by atoms with E-state index >= 15 is 0 Å². The molecule has 1 aliphatic heterocycles. The van der Waals surface area contributed by atoms with E-state index < -0.39 is 28.8 Å². The Bertz CT molecular complexity index is 922. The predicted molar refractivity (Wildman–Crippen MR) is 122 cm³/mol. The summed E-state index contributed by atoms with van der Waals surface area (Å²) in [6.45, 7) is 5.57. The first-order valence-corrected chi connectivity index (χ1v) is 13.1. The number of rotatable bonds is 7. The molecule has 0 atom stereocenters. The summed E-state index contributed by atoms with van der Waals surface area (Å²) in [5, 5.41) is 0. The van der Waals surface area contributed by atoms with Gasteiger partial charge < -0.3 is 9.64 Å². The zero-order valence-electron chi connectivity index (χ0n) is 19.9. The quantitative estimate of drug-likeness (QED) is 0.569. The van der Waals surface area contributed by atoms with Gasteiger partial charge in [-0.15, -0.1) is 0 Å². The Kier molecular flexibility index (Phi) is 8.51. The lowest BCUT2D eigenvalue weighted by molar-refractivity contribution is -0.144. The number of methoxy groups -OCH3 is 1. The monoisotopic (exact) mass is 505 g/mol. The average Bonchev–Trinajstić information content (AvgIpc) is 2.81. The smallest absolute Gasteiger partial charge is 0.402 e. The van der Waals surface area contributed by atoms with Crippen molar-refractivity contribution in [3.8, 4) is 5.75 Å². The van der Waals surface area contributed by atoms with Gasteiger partial charge in [0.05, 0.1) is 12.0 Å². The van der Waals surface area contributed by atoms with Crippen LogP contribution < -0.4 is 4.74 Å². The van der Waals surface area contributed by atoms with Gasteiger partial charge in [-0.3, -0.25) is 9.69 Å². The van der Waals surface area contributed by atoms with E-state index in [2.05, 4.69) is 18.7 Å². The maximum absolute atomic E-state index is 13.4. The van der Waals surface area contributed by atoms with Crippen molar-refractivity contribution in [2.45, 2.75) is 62.7 Å². The zero-order chi connectivity index (χ0) is 25.1. The molecule has 0 aromatic heterocycles. The van der Waals surface area contributed by atoms with Crippen LogP contribution in [0.5, 0.6) is 5.75 Å². The Balaban J connectivity index is 1.68. The maximum atomic E-state index is 13.4. The molecule has 1 aromatic rings. The van der Waals surface area contributed by atoms with E-state index in [-0.39, 0.29) is 29.6 Å². The molecule has 11 heteroatoms. The fourth-order valence-corrected chi connectivity index (χ4v) is 6.47. The molecule has 1 saturated carbocycles. The number of halogens is 3. The molecule has 1 aliphatic carbocycles. The highest BCUT2D eigenvalue weighted by atomic mass is 32.2. The van der Waals surface area contributed by atoms with Crippen molar-refractivity contribution in [3.63, 3.8) is 0 Å². The highest BCUT2D eigenvalue weighted by Crippen LogP contribution is 2.34. The number of hydrogen-bond donors (Lipinski definition) is 0. The molecule has 1 amide bonds. The van der Waals surface area contributed by atoms with Crippen LogP contribution in [0, 0.1) is 5.92 Å². The third kappa shape index (κ3) is 6.42. The molecule has 3 rings (SSSR count). The first-order chi connectivity index (χ1) is 15.9. The Labute approximate surface area is 199 Å². The van der Waals surface area contributed by atoms with E-state index in [1.54, 1.807) is 0 Å². The van der Waals surface area contributed by atoms with Crippen molar-refractivity contribution >= 4 is 15.9 Å². The van der Waals surface area contributed by atoms with Crippen LogP contribution in [0.3, 0.4) is 0 Å². The molecule has 2 aliphatic rings. The topological polar surface area (TPSA) is 70.2 Å². The second kappa shape index (κ2) is 10.8. The molecule has 1 heterocycles. The van der Waals surface area contributed by atoms with Gasteiger partial charge in [-0.2, -0.15) is 17.5 Å². The van der Waals surface area contributed by atoms with Gasteiger partial charge in [0.25, 0.3) is 0 Å². The average molecular weight is 506 g/mol. The lowest BCUT2D eigenvalue weighted by atomic mass is 9.85. The fraction of sp³-hybridized carbons (Fsp3) is 0.696. The molecule has 0 spiro atoms. The summed E-state index contributed by atoms with van der Waals surface area (Å²) in [5.74, 6) is 0.162. The third-order valence-corrected chi connectivity index (χ3v) is 8.72. The molecule has 0 unspecified atom stereocenters. The van der Waals surface area contributed by atoms with E-state index in [4.69, 9.17) is 4.74 Å². The van der Waals surface area contributed by atoms with E-state index in [1.165, 1.54) is 31.4 Å². The van der Waals surface area contributed by atoms with E-state index in [0.29, 0.717) is 42.0 Å². The molecule has 0 radical (unpaired) electrons. The van der Waals surface area contributed by atoms with Crippen LogP contribution >= 0.6 is 0 Å². The summed E-state index contributed by atoms with van der Waals surface area (Å²) in [5.41, 5.74) is 0. The molecule has 2 fully saturated rings. The SMILES string of the molecule is COc1ccc(S(=O)(=O)N(CC(F)(F)F)C2CCC(C(=O)N3CCN(C(C)C)CC3)CC2)cc1. The van der Waals surface area contributed by atoms with Crippen molar-refractivity contribution in [2.75, 3.05) is 39.8 Å². The predicted octanol–water partition coefficient (Wildman–Crippen LogP) is 3.36. The molecule has 0 bridgehead atoms. The molecular weight excluding hydrogens is 471 g/mol. The number of carbonyl (C=O) groups is 1. The van der Waals surface area contributed by atoms with Crippen molar-refractivity contribution in [1.82, 2.24) is 14.1 Å². The van der Waals surface area contributed by atoms with Gasteiger partial charge in [0.15, 0.2) is 0 Å². The first-order valence-electron chi connectivity index (χ1n) is 11.7. The number of amides is 1. The second-order valence-corrected chi connectivity index (χ2v) is 11.2. The van der Waals surface area contributed by atoms with Gasteiger partial charge in [-0.25, -0.2) is 8.42 Å². The molecule has 0 N–H and O–H groups in total. The molecule has 34 heavy (non-hydrogen) atoms. The van der Waals surface area contributed by atoms with Crippen LogP contribution in [-0.4, -0.2) is 86.5 Å². The third-order valence-electron chi connectivity index (χ3n) is 6.81. The molecular formula is C23H34F3N3O4S. The number of hydrogen-bond acceptors (Lipinski definition) is 5. The highest BCUT2D eigenvalue weighted by Gasteiger charge is 2.43. The number of ether oxygens (including phenoxy) is 1. The van der Waals surface area contributed by atoms with Crippen LogP contribution in [0.25, 0.3) is 0 Å². The lowest BCUT2D eigenvalue weighted by Crippen LogP contribution is -2.53. The number of alkyl halides is 3. The van der Waals surface area contributed by atoms with Crippen molar-refractivity contribution in [3.05, 3.63) is 24.3 Å². The molecule has 1 aromatic carbocycles. The Morgan fingerprint density at radius 1 is 1.06 bits per heavy atom. The standard InChI is InChI=1S/C23H34F3N3O4S/c1-17(2)27-12-14-28(15-13-27)22(30)18-4-6-19(7-5-18)29(16-23(24,25)26)34(31,32)21-10-8-20(33-3)9-11-21/h8-11,17-19H,4-7,12-16H2,1-3H3. The van der Waals surface area contributed by atoms with Gasteiger partial charge in [0, 0.05) is 44.2 Å². The molecule has 7 nitrogen and oxygen atoms in total. The number of piperazine rings is 1. The minimum Gasteiger partial charge on any atom is -0.497 e. The summed E-state index contributed by atoms with van der Waals surface area (Å²) < 4.78 is 72.0. The number of sulfonamides is 1. The van der Waals surface area contributed by atoms with Gasteiger partial charge in [0.1, 0.15) is 12.3 Å². The van der Waals surface area contributed by atoms with Crippen molar-refractivity contribution in [2.24, 2.45) is 5.92 Å². The summed E-state index contributed by atoms with van der Waals surface area (Å²) in [4.78, 5) is 16.9. The van der Waals surface area contributed by atoms with Gasteiger partial charge in [-0.05, 0) is 63.8 Å². The Morgan fingerprint density at radius 3 is 2.09 bits per heavy atom. The zero-order valence-corrected chi connectivity index (χ0v) is 20.7. The van der Waals surface area contributed by atoms with Crippen molar-refractivity contribution < 1.29 is 31.1 Å². The maximum Gasteiger partial charge on any atom is 0.402 e. The van der Waals surface area contributed by atoms with Crippen LogP contribution in [0.1, 0.15) is 39.5 Å². The van der Waals surface area contributed by atoms with Gasteiger partial charge in [-0.1, -0.05) is 0 Å². The summed E-state index contributed by atoms with van der Waals surface area (Å²) in [6.07, 6.45) is -3.50. The van der Waals surface area contributed by atoms with Crippen LogP contribution in [0.15, 0.2) is 29.2 Å². The minimum atomic E-state index is -4.68. The summed E-state index contributed by atoms with van der Waals surface area (Å²) >= 11 is 0. The first kappa shape index (κ1) is 26.7. The molecule has 192 valence electrons. The second-order valence-electron chi connectivity index (χ2n) is 9.30. The van der Waals surface area contributed by atoms with Crippen LogP contribution in [0.4, 0.5) is 13.2 Å². The summed E-state index contributed by atoms with van der Waals surface area (Å²) in [7, 11) is -2.95. The number of benzene rings is 1. The highest BCUT2D eigenvalue weighted by molar-refractivity contribution is 7.89. The number of carbonyl (C=O) groups excluding carboxylic acids is 1. The summed E-state index contributed by atoms with van der Waals surface area (Å²) in [6, 6.07) is 4.93. The van der Waals surface area contributed by atoms with Gasteiger partial charge >= 0.3 is 6.18 Å². The molecule has 1 saturated heterocycles. The van der Waals surface area contributed by atoms with Crippen molar-refractivity contribution in [1.29, 1.82) is 0 Å². The largest absolute Gasteiger partial charge is 0.497 e. The van der Waals surface area contributed by atoms with E-state index in [1.807, 2.05) is 4.90 Å². The Hall–Kier alpha value is -1.85. The van der Waals surface area contributed by atoms with Crippen LogP contribution in [-0.2, 0) is 14.8 Å². The van der Waals surface area contributed by atoms with E-state index in [9.17, 15) is 26.4 Å². The fourth-order valence-electron chi connectivity index (χ4n) is 4.80. The Morgan fingerprint density at radius 2 is 1.62 bits per heavy atom. The normalized spacial score (nSPS) is 22.9. The number of nitrogens with zero attached hydrogens (tertiary/aromatic N) is 3. The lowest BCUT2D eigenvalue weighted by Gasteiger charge is -2.40. The van der Waals surface area contributed by atoms with Gasteiger partial charge in [0.2, 0.25) is 15.9 Å². The van der Waals surface area contributed by atoms with Crippen LogP contribution in [0.2, 0.25) is 0 Å². The minimum absolute atomic E-state index is 0.0299.